The summed E-state index contributed by atoms with van der Waals surface area (Å²) >= 11 is 0. The smallest absolute Gasteiger partial charge is 0.165 e. The van der Waals surface area contributed by atoms with Crippen LogP contribution in [0, 0.1) is 25.1 Å². The van der Waals surface area contributed by atoms with Gasteiger partial charge in [0.15, 0.2) is 11.6 Å². The van der Waals surface area contributed by atoms with E-state index in [1.54, 1.807) is 6.07 Å². The quantitative estimate of drug-likeness (QED) is 0.413. The molecule has 0 aliphatic carbocycles. The van der Waals surface area contributed by atoms with Crippen molar-refractivity contribution in [2.45, 2.75) is 38.5 Å². The molecule has 1 atom stereocenters. The zero-order chi connectivity index (χ0) is 20.0. The normalized spacial score (nSPS) is 12.8. The predicted octanol–water partition coefficient (Wildman–Crippen LogP) is 6.84. The molecule has 3 aromatic rings. The molecule has 0 heterocycles. The summed E-state index contributed by atoms with van der Waals surface area (Å²) in [4.78, 5) is 0. The fourth-order valence-corrected chi connectivity index (χ4v) is 3.26. The SMILES string of the molecule is C#CC(C)(CCCc1ccc(F)c(Oc2ccccc2)c1)c1ccc(C)cc1. The van der Waals surface area contributed by atoms with E-state index < -0.39 is 0 Å². The monoisotopic (exact) mass is 372 g/mol. The average molecular weight is 372 g/mol. The van der Waals surface area contributed by atoms with Gasteiger partial charge < -0.3 is 4.74 Å². The van der Waals surface area contributed by atoms with Gasteiger partial charge in [0.05, 0.1) is 5.41 Å². The van der Waals surface area contributed by atoms with Gasteiger partial charge in [0.1, 0.15) is 5.75 Å². The van der Waals surface area contributed by atoms with Crippen molar-refractivity contribution in [2.75, 3.05) is 0 Å². The Bertz CT molecular complexity index is 954. The van der Waals surface area contributed by atoms with Crippen LogP contribution in [0.15, 0.2) is 72.8 Å². The molecule has 0 radical (unpaired) electrons. The van der Waals surface area contributed by atoms with Crippen molar-refractivity contribution in [3.05, 3.63) is 95.3 Å². The van der Waals surface area contributed by atoms with Crippen LogP contribution in [0.5, 0.6) is 11.5 Å². The maximum absolute atomic E-state index is 14.1. The van der Waals surface area contributed by atoms with E-state index in [9.17, 15) is 4.39 Å². The van der Waals surface area contributed by atoms with Crippen molar-refractivity contribution in [3.63, 3.8) is 0 Å². The van der Waals surface area contributed by atoms with Gasteiger partial charge >= 0.3 is 0 Å². The summed E-state index contributed by atoms with van der Waals surface area (Å²) in [6.07, 6.45) is 8.45. The van der Waals surface area contributed by atoms with Crippen LogP contribution in [-0.2, 0) is 11.8 Å². The first-order chi connectivity index (χ1) is 13.5. The van der Waals surface area contributed by atoms with Crippen LogP contribution in [0.4, 0.5) is 4.39 Å². The molecule has 3 aromatic carbocycles. The van der Waals surface area contributed by atoms with E-state index in [1.807, 2.05) is 36.4 Å². The zero-order valence-electron chi connectivity index (χ0n) is 16.4. The second-order valence-electron chi connectivity index (χ2n) is 7.38. The summed E-state index contributed by atoms with van der Waals surface area (Å²) in [5.41, 5.74) is 3.11. The highest BCUT2D eigenvalue weighted by Crippen LogP contribution is 2.30. The molecule has 0 fully saturated rings. The van der Waals surface area contributed by atoms with Crippen LogP contribution in [0.25, 0.3) is 0 Å². The zero-order valence-corrected chi connectivity index (χ0v) is 16.4. The van der Waals surface area contributed by atoms with Crippen LogP contribution >= 0.6 is 0 Å². The van der Waals surface area contributed by atoms with E-state index in [-0.39, 0.29) is 17.0 Å². The number of aryl methyl sites for hydroxylation is 2. The average Bonchev–Trinajstić information content (AvgIpc) is 2.71. The number of halogens is 1. The first-order valence-electron chi connectivity index (χ1n) is 9.56. The first kappa shape index (κ1) is 19.7. The van der Waals surface area contributed by atoms with E-state index in [4.69, 9.17) is 11.2 Å². The van der Waals surface area contributed by atoms with Gasteiger partial charge in [0.25, 0.3) is 0 Å². The lowest BCUT2D eigenvalue weighted by atomic mass is 9.78. The van der Waals surface area contributed by atoms with E-state index in [1.165, 1.54) is 11.6 Å². The molecule has 3 rings (SSSR count). The van der Waals surface area contributed by atoms with Crippen LogP contribution in [0.2, 0.25) is 0 Å². The number of terminal acetylenes is 1. The lowest BCUT2D eigenvalue weighted by molar-refractivity contribution is 0.441. The Labute approximate surface area is 167 Å². The lowest BCUT2D eigenvalue weighted by Crippen LogP contribution is -2.19. The Morgan fingerprint density at radius 2 is 1.71 bits per heavy atom. The number of rotatable bonds is 7. The second-order valence-corrected chi connectivity index (χ2v) is 7.38. The number of benzene rings is 3. The van der Waals surface area contributed by atoms with Crippen molar-refractivity contribution < 1.29 is 9.13 Å². The lowest BCUT2D eigenvalue weighted by Gasteiger charge is -2.24. The minimum absolute atomic E-state index is 0.252. The number of hydrogen-bond acceptors (Lipinski definition) is 1. The van der Waals surface area contributed by atoms with Gasteiger partial charge in [0, 0.05) is 0 Å². The molecule has 28 heavy (non-hydrogen) atoms. The number of ether oxygens (including phenoxy) is 1. The Morgan fingerprint density at radius 1 is 1.00 bits per heavy atom. The molecule has 0 spiro atoms. The molecule has 2 heteroatoms. The van der Waals surface area contributed by atoms with Gasteiger partial charge in [-0.2, -0.15) is 0 Å². The maximum atomic E-state index is 14.1. The maximum Gasteiger partial charge on any atom is 0.165 e. The van der Waals surface area contributed by atoms with E-state index in [0.717, 1.165) is 30.4 Å². The van der Waals surface area contributed by atoms with Crippen molar-refractivity contribution in [3.8, 4) is 23.8 Å². The molecule has 0 aliphatic heterocycles. The molecular weight excluding hydrogens is 347 g/mol. The fraction of sp³-hybridized carbons (Fsp3) is 0.231. The standard InChI is InChI=1S/C26H25FO/c1-4-26(3,22-15-12-20(2)13-16-22)18-8-9-21-14-17-24(27)25(19-21)28-23-10-6-5-7-11-23/h1,5-7,10-17,19H,8-9,18H2,2-3H3. The van der Waals surface area contributed by atoms with Crippen molar-refractivity contribution >= 4 is 0 Å². The van der Waals surface area contributed by atoms with Gasteiger partial charge in [0.2, 0.25) is 0 Å². The summed E-state index contributed by atoms with van der Waals surface area (Å²) in [7, 11) is 0. The highest BCUT2D eigenvalue weighted by molar-refractivity contribution is 5.36. The molecule has 0 saturated heterocycles. The Morgan fingerprint density at radius 3 is 2.39 bits per heavy atom. The highest BCUT2D eigenvalue weighted by atomic mass is 19.1. The summed E-state index contributed by atoms with van der Waals surface area (Å²) in [5.74, 6) is 3.48. The van der Waals surface area contributed by atoms with Crippen molar-refractivity contribution in [1.82, 2.24) is 0 Å². The molecule has 0 saturated carbocycles. The third-order valence-electron chi connectivity index (χ3n) is 5.12. The first-order valence-corrected chi connectivity index (χ1v) is 9.56. The third-order valence-corrected chi connectivity index (χ3v) is 5.12. The molecular formula is C26H25FO. The Hall–Kier alpha value is -3.05. The van der Waals surface area contributed by atoms with E-state index in [2.05, 4.69) is 44.0 Å². The van der Waals surface area contributed by atoms with Gasteiger partial charge in [-0.1, -0.05) is 60.0 Å². The minimum atomic E-state index is -0.360. The minimum Gasteiger partial charge on any atom is -0.454 e. The van der Waals surface area contributed by atoms with Gasteiger partial charge in [-0.25, -0.2) is 4.39 Å². The molecule has 142 valence electrons. The van der Waals surface area contributed by atoms with Gasteiger partial charge in [-0.05, 0) is 68.5 Å². The Balaban J connectivity index is 1.66. The molecule has 0 aliphatic rings. The van der Waals surface area contributed by atoms with Crippen LogP contribution in [0.1, 0.15) is 36.5 Å². The fourth-order valence-electron chi connectivity index (χ4n) is 3.26. The third kappa shape index (κ3) is 4.81. The number of para-hydroxylation sites is 1. The van der Waals surface area contributed by atoms with Crippen LogP contribution in [0.3, 0.4) is 0 Å². The summed E-state index contributed by atoms with van der Waals surface area (Å²) in [6.45, 7) is 4.17. The molecule has 0 bridgehead atoms. The van der Waals surface area contributed by atoms with Crippen LogP contribution < -0.4 is 4.74 Å². The molecule has 0 aromatic heterocycles. The largest absolute Gasteiger partial charge is 0.454 e. The van der Waals surface area contributed by atoms with E-state index in [0.29, 0.717) is 5.75 Å². The molecule has 1 unspecified atom stereocenters. The Kier molecular flexibility index (Phi) is 6.16. The van der Waals surface area contributed by atoms with E-state index >= 15 is 0 Å². The van der Waals surface area contributed by atoms with Gasteiger partial charge in [-0.15, -0.1) is 6.42 Å². The molecule has 0 N–H and O–H groups in total. The molecule has 0 amide bonds. The molecule has 1 nitrogen and oxygen atoms in total. The topological polar surface area (TPSA) is 9.23 Å². The number of hydrogen-bond donors (Lipinski definition) is 0. The summed E-state index contributed by atoms with van der Waals surface area (Å²) in [6, 6.07) is 22.7. The highest BCUT2D eigenvalue weighted by Gasteiger charge is 2.23. The van der Waals surface area contributed by atoms with Crippen molar-refractivity contribution in [2.24, 2.45) is 0 Å². The summed E-state index contributed by atoms with van der Waals surface area (Å²) in [5, 5.41) is 0. The second kappa shape index (κ2) is 8.76. The predicted molar refractivity (Wildman–Crippen MR) is 113 cm³/mol. The van der Waals surface area contributed by atoms with Crippen molar-refractivity contribution in [1.29, 1.82) is 0 Å². The summed E-state index contributed by atoms with van der Waals surface area (Å²) < 4.78 is 19.8. The van der Waals surface area contributed by atoms with Gasteiger partial charge in [-0.3, -0.25) is 0 Å². The van der Waals surface area contributed by atoms with Crippen LogP contribution in [-0.4, -0.2) is 0 Å².